The maximum atomic E-state index is 12.4. The number of carbonyl (C=O) groups excluding carboxylic acids is 1. The van der Waals surface area contributed by atoms with Crippen LogP contribution in [0.1, 0.15) is 6.92 Å². The van der Waals surface area contributed by atoms with Gasteiger partial charge in [0.1, 0.15) is 0 Å². The van der Waals surface area contributed by atoms with Crippen molar-refractivity contribution in [2.45, 2.75) is 17.9 Å². The number of rotatable bonds is 6. The number of aromatic nitrogens is 1. The topological polar surface area (TPSA) is 88.2 Å². The van der Waals surface area contributed by atoms with Gasteiger partial charge in [0.05, 0.1) is 16.6 Å². The summed E-state index contributed by atoms with van der Waals surface area (Å²) in [6.45, 7) is 1.48. The standard InChI is InChI=1S/C18H16BrN3O3S2/c1-12(22-27(24,25)15-9-7-14(19)8-10-15)17(23)21-18-20-16(11-26-18)13-5-3-2-4-6-13/h2-12,22H,1H3,(H,20,21,23). The highest BCUT2D eigenvalue weighted by Gasteiger charge is 2.22. The van der Waals surface area contributed by atoms with E-state index in [9.17, 15) is 13.2 Å². The van der Waals surface area contributed by atoms with E-state index in [4.69, 9.17) is 0 Å². The van der Waals surface area contributed by atoms with E-state index >= 15 is 0 Å². The first-order chi connectivity index (χ1) is 12.8. The fourth-order valence-corrected chi connectivity index (χ4v) is 4.44. The van der Waals surface area contributed by atoms with Gasteiger partial charge in [0.2, 0.25) is 15.9 Å². The van der Waals surface area contributed by atoms with Crippen molar-refractivity contribution in [1.82, 2.24) is 9.71 Å². The Morgan fingerprint density at radius 3 is 2.44 bits per heavy atom. The third-order valence-corrected chi connectivity index (χ3v) is 6.50. The molecule has 0 aliphatic rings. The zero-order valence-electron chi connectivity index (χ0n) is 14.2. The molecule has 27 heavy (non-hydrogen) atoms. The SMILES string of the molecule is CC(NS(=O)(=O)c1ccc(Br)cc1)C(=O)Nc1nc(-c2ccccc2)cs1. The van der Waals surface area contributed by atoms with Crippen LogP contribution in [0, 0.1) is 0 Å². The highest BCUT2D eigenvalue weighted by molar-refractivity contribution is 9.10. The van der Waals surface area contributed by atoms with Crippen LogP contribution in [-0.4, -0.2) is 25.4 Å². The number of halogens is 1. The second-order valence-electron chi connectivity index (χ2n) is 5.69. The Labute approximate surface area is 169 Å². The first-order valence-corrected chi connectivity index (χ1v) is 11.1. The van der Waals surface area contributed by atoms with E-state index in [-0.39, 0.29) is 4.90 Å². The lowest BCUT2D eigenvalue weighted by molar-refractivity contribution is -0.117. The maximum absolute atomic E-state index is 12.4. The maximum Gasteiger partial charge on any atom is 0.244 e. The lowest BCUT2D eigenvalue weighted by Gasteiger charge is -2.13. The number of nitrogens with zero attached hydrogens (tertiary/aromatic N) is 1. The average molecular weight is 466 g/mol. The molecule has 3 aromatic rings. The zero-order chi connectivity index (χ0) is 19.4. The summed E-state index contributed by atoms with van der Waals surface area (Å²) >= 11 is 4.54. The molecule has 3 rings (SSSR count). The van der Waals surface area contributed by atoms with E-state index in [0.29, 0.717) is 5.13 Å². The average Bonchev–Trinajstić information content (AvgIpc) is 3.11. The molecule has 2 aromatic carbocycles. The number of hydrogen-bond acceptors (Lipinski definition) is 5. The number of anilines is 1. The van der Waals surface area contributed by atoms with Gasteiger partial charge in [0.15, 0.2) is 5.13 Å². The second-order valence-corrected chi connectivity index (χ2v) is 9.18. The van der Waals surface area contributed by atoms with Crippen molar-refractivity contribution in [3.8, 4) is 11.3 Å². The van der Waals surface area contributed by atoms with Crippen LogP contribution in [0.2, 0.25) is 0 Å². The van der Waals surface area contributed by atoms with Crippen LogP contribution in [0.25, 0.3) is 11.3 Å². The van der Waals surface area contributed by atoms with Gasteiger partial charge in [-0.15, -0.1) is 11.3 Å². The van der Waals surface area contributed by atoms with E-state index in [2.05, 4.69) is 31.0 Å². The second kappa shape index (κ2) is 8.30. The van der Waals surface area contributed by atoms with Crippen molar-refractivity contribution in [3.05, 3.63) is 64.5 Å². The summed E-state index contributed by atoms with van der Waals surface area (Å²) in [7, 11) is -3.80. The number of thiazole rings is 1. The third-order valence-electron chi connectivity index (χ3n) is 3.65. The molecule has 1 heterocycles. The van der Waals surface area contributed by atoms with Gasteiger partial charge in [-0.1, -0.05) is 46.3 Å². The van der Waals surface area contributed by atoms with Gasteiger partial charge in [-0.3, -0.25) is 4.79 Å². The van der Waals surface area contributed by atoms with Gasteiger partial charge in [0, 0.05) is 15.4 Å². The number of hydrogen-bond donors (Lipinski definition) is 2. The quantitative estimate of drug-likeness (QED) is 0.577. The number of sulfonamides is 1. The summed E-state index contributed by atoms with van der Waals surface area (Å²) in [6, 6.07) is 14.8. The van der Waals surface area contributed by atoms with E-state index in [1.807, 2.05) is 35.7 Å². The van der Waals surface area contributed by atoms with Crippen LogP contribution in [0.15, 0.2) is 69.3 Å². The molecule has 0 saturated carbocycles. The molecular weight excluding hydrogens is 450 g/mol. The molecule has 140 valence electrons. The van der Waals surface area contributed by atoms with Crippen LogP contribution in [0.5, 0.6) is 0 Å². The largest absolute Gasteiger partial charge is 0.301 e. The molecule has 2 N–H and O–H groups in total. The predicted octanol–water partition coefficient (Wildman–Crippen LogP) is 3.88. The van der Waals surface area contributed by atoms with Crippen LogP contribution >= 0.6 is 27.3 Å². The van der Waals surface area contributed by atoms with Crippen molar-refractivity contribution >= 4 is 48.3 Å². The minimum atomic E-state index is -3.80. The van der Waals surface area contributed by atoms with E-state index in [1.54, 1.807) is 12.1 Å². The van der Waals surface area contributed by atoms with Crippen molar-refractivity contribution < 1.29 is 13.2 Å². The van der Waals surface area contributed by atoms with Crippen molar-refractivity contribution in [2.75, 3.05) is 5.32 Å². The molecule has 0 aliphatic heterocycles. The van der Waals surface area contributed by atoms with Crippen LogP contribution in [0.4, 0.5) is 5.13 Å². The van der Waals surface area contributed by atoms with Gasteiger partial charge >= 0.3 is 0 Å². The molecule has 6 nitrogen and oxygen atoms in total. The van der Waals surface area contributed by atoms with Gasteiger partial charge in [-0.05, 0) is 31.2 Å². The van der Waals surface area contributed by atoms with Gasteiger partial charge < -0.3 is 5.32 Å². The number of carbonyl (C=O) groups is 1. The Morgan fingerprint density at radius 1 is 1.11 bits per heavy atom. The molecule has 1 amide bonds. The Kier molecular flexibility index (Phi) is 6.05. The minimum Gasteiger partial charge on any atom is -0.301 e. The molecule has 1 unspecified atom stereocenters. The summed E-state index contributed by atoms with van der Waals surface area (Å²) < 4.78 is 27.9. The third kappa shape index (κ3) is 5.01. The summed E-state index contributed by atoms with van der Waals surface area (Å²) in [6.07, 6.45) is 0. The fraction of sp³-hybridized carbons (Fsp3) is 0.111. The van der Waals surface area contributed by atoms with Gasteiger partial charge in [0.25, 0.3) is 0 Å². The molecule has 0 saturated heterocycles. The van der Waals surface area contributed by atoms with Crippen molar-refractivity contribution in [1.29, 1.82) is 0 Å². The first kappa shape index (κ1) is 19.7. The smallest absolute Gasteiger partial charge is 0.244 e. The zero-order valence-corrected chi connectivity index (χ0v) is 17.4. The molecule has 0 bridgehead atoms. The number of amides is 1. The molecule has 0 fully saturated rings. The lowest BCUT2D eigenvalue weighted by atomic mass is 10.2. The van der Waals surface area contributed by atoms with Crippen LogP contribution in [-0.2, 0) is 14.8 Å². The normalized spacial score (nSPS) is 12.5. The summed E-state index contributed by atoms with van der Waals surface area (Å²) in [5.41, 5.74) is 1.69. The fourth-order valence-electron chi connectivity index (χ4n) is 2.25. The molecule has 1 aromatic heterocycles. The molecule has 9 heteroatoms. The Balaban J connectivity index is 1.66. The van der Waals surface area contributed by atoms with E-state index < -0.39 is 22.0 Å². The Hall–Kier alpha value is -2.07. The van der Waals surface area contributed by atoms with Crippen LogP contribution in [0.3, 0.4) is 0 Å². The minimum absolute atomic E-state index is 0.0889. The van der Waals surface area contributed by atoms with Gasteiger partial charge in [-0.25, -0.2) is 13.4 Å². The van der Waals surface area contributed by atoms with Gasteiger partial charge in [-0.2, -0.15) is 4.72 Å². The van der Waals surface area contributed by atoms with E-state index in [0.717, 1.165) is 15.7 Å². The summed E-state index contributed by atoms with van der Waals surface area (Å²) in [5, 5.41) is 4.89. The number of benzene rings is 2. The first-order valence-electron chi connectivity index (χ1n) is 7.95. The number of nitrogens with one attached hydrogen (secondary N) is 2. The Bertz CT molecular complexity index is 1040. The highest BCUT2D eigenvalue weighted by Crippen LogP contribution is 2.24. The molecule has 0 spiro atoms. The summed E-state index contributed by atoms with van der Waals surface area (Å²) in [4.78, 5) is 16.8. The van der Waals surface area contributed by atoms with E-state index in [1.165, 1.54) is 30.4 Å². The van der Waals surface area contributed by atoms with Crippen LogP contribution < -0.4 is 10.0 Å². The molecule has 1 atom stereocenters. The monoisotopic (exact) mass is 465 g/mol. The lowest BCUT2D eigenvalue weighted by Crippen LogP contribution is -2.41. The predicted molar refractivity (Wildman–Crippen MR) is 110 cm³/mol. The summed E-state index contributed by atoms with van der Waals surface area (Å²) in [5.74, 6) is -0.482. The molecule has 0 radical (unpaired) electrons. The molecule has 0 aliphatic carbocycles. The molecular formula is C18H16BrN3O3S2. The van der Waals surface area contributed by atoms with Crippen molar-refractivity contribution in [3.63, 3.8) is 0 Å². The highest BCUT2D eigenvalue weighted by atomic mass is 79.9. The Morgan fingerprint density at radius 2 is 1.78 bits per heavy atom. The van der Waals surface area contributed by atoms with Crippen molar-refractivity contribution in [2.24, 2.45) is 0 Å².